The Morgan fingerprint density at radius 1 is 1.22 bits per heavy atom. The zero-order valence-corrected chi connectivity index (χ0v) is 10.3. The topological polar surface area (TPSA) is 33.1 Å². The molecule has 1 N–H and O–H groups in total. The second kappa shape index (κ2) is 5.07. The third-order valence-corrected chi connectivity index (χ3v) is 3.29. The summed E-state index contributed by atoms with van der Waals surface area (Å²) < 4.78 is 39.1. The summed E-state index contributed by atoms with van der Waals surface area (Å²) in [6.07, 6.45) is -1.19. The molecule has 1 atom stereocenters. The second-order valence-electron chi connectivity index (χ2n) is 3.87. The average Bonchev–Trinajstić information content (AvgIpc) is 2.69. The van der Waals surface area contributed by atoms with Crippen LogP contribution in [0.3, 0.4) is 0 Å². The Morgan fingerprint density at radius 2 is 1.89 bits per heavy atom. The minimum absolute atomic E-state index is 0.0618. The summed E-state index contributed by atoms with van der Waals surface area (Å²) in [5.41, 5.74) is 0.327. The van der Waals surface area contributed by atoms with Crippen LogP contribution in [0.25, 0.3) is 0 Å². The van der Waals surface area contributed by atoms with Gasteiger partial charge in [-0.3, -0.25) is 0 Å². The predicted octanol–water partition coefficient (Wildman–Crippen LogP) is 3.14. The molecule has 0 aliphatic rings. The molecule has 0 saturated heterocycles. The fourth-order valence-electron chi connectivity index (χ4n) is 1.60. The highest BCUT2D eigenvalue weighted by Crippen LogP contribution is 2.24. The molecule has 0 fully saturated rings. The van der Waals surface area contributed by atoms with Gasteiger partial charge in [0, 0.05) is 23.4 Å². The molecule has 1 heterocycles. The van der Waals surface area contributed by atoms with E-state index >= 15 is 0 Å². The Hall–Kier alpha value is -1.40. The number of hydrogen-bond donors (Lipinski definition) is 1. The number of halogens is 3. The van der Waals surface area contributed by atoms with Crippen molar-refractivity contribution in [2.24, 2.45) is 0 Å². The molecule has 6 heteroatoms. The van der Waals surface area contributed by atoms with E-state index in [1.807, 2.05) is 0 Å². The van der Waals surface area contributed by atoms with E-state index in [1.165, 1.54) is 11.3 Å². The van der Waals surface area contributed by atoms with E-state index < -0.39 is 23.6 Å². The van der Waals surface area contributed by atoms with Crippen molar-refractivity contribution in [3.8, 4) is 0 Å². The molecule has 2 nitrogen and oxygen atoms in total. The third-order valence-electron chi connectivity index (χ3n) is 2.47. The number of thiazole rings is 1. The Balaban J connectivity index is 2.23. The van der Waals surface area contributed by atoms with Gasteiger partial charge in [-0.05, 0) is 13.0 Å². The molecular formula is C12H10F3NOS. The van der Waals surface area contributed by atoms with Crippen molar-refractivity contribution in [1.82, 2.24) is 4.98 Å². The van der Waals surface area contributed by atoms with Crippen LogP contribution in [-0.2, 0) is 6.42 Å². The van der Waals surface area contributed by atoms with Gasteiger partial charge in [0.1, 0.15) is 5.82 Å². The lowest BCUT2D eigenvalue weighted by Gasteiger charge is -2.11. The lowest BCUT2D eigenvalue weighted by molar-refractivity contribution is 0.171. The number of benzene rings is 1. The van der Waals surface area contributed by atoms with Crippen molar-refractivity contribution in [3.63, 3.8) is 0 Å². The van der Waals surface area contributed by atoms with Crippen molar-refractivity contribution in [3.05, 3.63) is 51.2 Å². The van der Waals surface area contributed by atoms with Crippen molar-refractivity contribution in [2.45, 2.75) is 19.4 Å². The minimum atomic E-state index is -1.27. The maximum atomic E-state index is 13.4. The highest BCUT2D eigenvalue weighted by molar-refractivity contribution is 7.09. The number of rotatable bonds is 3. The fraction of sp³-hybridized carbons (Fsp3) is 0.250. The Kier molecular flexibility index (Phi) is 3.68. The molecule has 0 spiro atoms. The molecule has 0 amide bonds. The van der Waals surface area contributed by atoms with Crippen LogP contribution < -0.4 is 0 Å². The van der Waals surface area contributed by atoms with E-state index in [0.29, 0.717) is 17.8 Å². The summed E-state index contributed by atoms with van der Waals surface area (Å²) in [4.78, 5) is 4.11. The molecule has 2 aromatic rings. The van der Waals surface area contributed by atoms with E-state index in [9.17, 15) is 18.3 Å². The largest absolute Gasteiger partial charge is 0.388 e. The first-order chi connectivity index (χ1) is 8.47. The van der Waals surface area contributed by atoms with E-state index in [2.05, 4.69) is 4.98 Å². The summed E-state index contributed by atoms with van der Waals surface area (Å²) in [5.74, 6) is -3.42. The Labute approximate surface area is 106 Å². The van der Waals surface area contributed by atoms with Crippen LogP contribution in [0.5, 0.6) is 0 Å². The van der Waals surface area contributed by atoms with Gasteiger partial charge < -0.3 is 5.11 Å². The highest BCUT2D eigenvalue weighted by atomic mass is 32.1. The fourth-order valence-corrected chi connectivity index (χ4v) is 2.23. The molecule has 1 unspecified atom stereocenters. The molecular weight excluding hydrogens is 263 g/mol. The molecule has 2 rings (SSSR count). The number of aromatic nitrogens is 1. The standard InChI is InChI=1S/C12H10F3NOS/c1-6-16-7(5-18-6)2-12(17)8-3-10(14)11(15)4-9(8)13/h3-5,12,17H,2H2,1H3. The van der Waals surface area contributed by atoms with E-state index in [4.69, 9.17) is 0 Å². The smallest absolute Gasteiger partial charge is 0.161 e. The number of hydrogen-bond acceptors (Lipinski definition) is 3. The Morgan fingerprint density at radius 3 is 2.50 bits per heavy atom. The molecule has 0 radical (unpaired) electrons. The summed E-state index contributed by atoms with van der Waals surface area (Å²) in [6.45, 7) is 1.80. The molecule has 0 aliphatic heterocycles. The average molecular weight is 273 g/mol. The zero-order valence-electron chi connectivity index (χ0n) is 9.45. The van der Waals surface area contributed by atoms with Crippen LogP contribution in [0.4, 0.5) is 13.2 Å². The van der Waals surface area contributed by atoms with E-state index in [1.54, 1.807) is 12.3 Å². The van der Waals surface area contributed by atoms with Crippen LogP contribution in [-0.4, -0.2) is 10.1 Å². The second-order valence-corrected chi connectivity index (χ2v) is 4.93. The quantitative estimate of drug-likeness (QED) is 0.871. The first-order valence-electron chi connectivity index (χ1n) is 5.21. The monoisotopic (exact) mass is 273 g/mol. The molecule has 18 heavy (non-hydrogen) atoms. The minimum Gasteiger partial charge on any atom is -0.388 e. The van der Waals surface area contributed by atoms with Gasteiger partial charge in [-0.1, -0.05) is 0 Å². The van der Waals surface area contributed by atoms with Crippen LogP contribution in [0.2, 0.25) is 0 Å². The molecule has 0 aliphatic carbocycles. The van der Waals surface area contributed by atoms with E-state index in [0.717, 1.165) is 5.01 Å². The first kappa shape index (κ1) is 13.0. The normalized spacial score (nSPS) is 12.7. The molecule has 0 bridgehead atoms. The number of aliphatic hydroxyl groups excluding tert-OH is 1. The molecule has 1 aromatic carbocycles. The van der Waals surface area contributed by atoms with Crippen molar-refractivity contribution in [2.75, 3.05) is 0 Å². The molecule has 96 valence electrons. The van der Waals surface area contributed by atoms with Crippen molar-refractivity contribution in [1.29, 1.82) is 0 Å². The van der Waals surface area contributed by atoms with Gasteiger partial charge in [-0.15, -0.1) is 11.3 Å². The maximum Gasteiger partial charge on any atom is 0.161 e. The summed E-state index contributed by atoms with van der Waals surface area (Å²) in [5, 5.41) is 12.4. The van der Waals surface area contributed by atoms with Gasteiger partial charge in [0.2, 0.25) is 0 Å². The van der Waals surface area contributed by atoms with Crippen LogP contribution >= 0.6 is 11.3 Å². The lowest BCUT2D eigenvalue weighted by Crippen LogP contribution is -2.06. The number of aryl methyl sites for hydroxylation is 1. The van der Waals surface area contributed by atoms with Gasteiger partial charge in [-0.25, -0.2) is 18.2 Å². The number of aliphatic hydroxyl groups is 1. The molecule has 1 aromatic heterocycles. The summed E-state index contributed by atoms with van der Waals surface area (Å²) >= 11 is 1.40. The van der Waals surface area contributed by atoms with Crippen LogP contribution in [0.15, 0.2) is 17.5 Å². The highest BCUT2D eigenvalue weighted by Gasteiger charge is 2.18. The Bertz CT molecular complexity index is 570. The molecule has 0 saturated carbocycles. The van der Waals surface area contributed by atoms with Crippen LogP contribution in [0, 0.1) is 24.4 Å². The van der Waals surface area contributed by atoms with Gasteiger partial charge >= 0.3 is 0 Å². The van der Waals surface area contributed by atoms with Crippen molar-refractivity contribution >= 4 is 11.3 Å². The van der Waals surface area contributed by atoms with Gasteiger partial charge in [-0.2, -0.15) is 0 Å². The maximum absolute atomic E-state index is 13.4. The lowest BCUT2D eigenvalue weighted by atomic mass is 10.0. The number of nitrogens with zero attached hydrogens (tertiary/aromatic N) is 1. The predicted molar refractivity (Wildman–Crippen MR) is 61.8 cm³/mol. The van der Waals surface area contributed by atoms with Crippen LogP contribution in [0.1, 0.15) is 22.4 Å². The van der Waals surface area contributed by atoms with Crippen molar-refractivity contribution < 1.29 is 18.3 Å². The van der Waals surface area contributed by atoms with E-state index in [-0.39, 0.29) is 12.0 Å². The van der Waals surface area contributed by atoms with Gasteiger partial charge in [0.15, 0.2) is 11.6 Å². The van der Waals surface area contributed by atoms with Gasteiger partial charge in [0.05, 0.1) is 16.8 Å². The first-order valence-corrected chi connectivity index (χ1v) is 6.09. The summed E-state index contributed by atoms with van der Waals surface area (Å²) in [7, 11) is 0. The SMILES string of the molecule is Cc1nc(CC(O)c2cc(F)c(F)cc2F)cs1. The third kappa shape index (κ3) is 2.70. The van der Waals surface area contributed by atoms with Gasteiger partial charge in [0.25, 0.3) is 0 Å². The summed E-state index contributed by atoms with van der Waals surface area (Å²) in [6, 6.07) is 1.11. The zero-order chi connectivity index (χ0) is 13.3.